The number of carbonyl (C=O) groups excluding carboxylic acids is 1. The van der Waals surface area contributed by atoms with Crippen molar-refractivity contribution in [1.29, 1.82) is 0 Å². The molecule has 4 heteroatoms. The first-order chi connectivity index (χ1) is 10.1. The van der Waals surface area contributed by atoms with Crippen molar-refractivity contribution in [1.82, 2.24) is 4.90 Å². The first kappa shape index (κ1) is 15.5. The lowest BCUT2D eigenvalue weighted by Gasteiger charge is -2.36. The number of amides is 1. The summed E-state index contributed by atoms with van der Waals surface area (Å²) in [5.41, 5.74) is 2.18. The zero-order valence-electron chi connectivity index (χ0n) is 12.5. The molecular weight excluding hydrogens is 266 g/mol. The minimum atomic E-state index is -0.786. The van der Waals surface area contributed by atoms with Crippen molar-refractivity contribution in [3.63, 3.8) is 0 Å². The molecule has 1 aliphatic heterocycles. The fraction of sp³-hybridized carbons (Fsp3) is 0.529. The molecule has 1 atom stereocenters. The summed E-state index contributed by atoms with van der Waals surface area (Å²) in [7, 11) is 0. The predicted octanol–water partition coefficient (Wildman–Crippen LogP) is 2.78. The Morgan fingerprint density at radius 3 is 2.86 bits per heavy atom. The molecule has 1 aromatic rings. The van der Waals surface area contributed by atoms with E-state index in [0.29, 0.717) is 12.8 Å². The van der Waals surface area contributed by atoms with Gasteiger partial charge in [-0.25, -0.2) is 0 Å². The Balaban J connectivity index is 1.99. The molecule has 4 nitrogen and oxygen atoms in total. The van der Waals surface area contributed by atoms with E-state index in [2.05, 4.69) is 0 Å². The van der Waals surface area contributed by atoms with Gasteiger partial charge in [0.2, 0.25) is 5.91 Å². The van der Waals surface area contributed by atoms with Crippen molar-refractivity contribution >= 4 is 11.9 Å². The Labute approximate surface area is 125 Å². The molecule has 0 bridgehead atoms. The maximum absolute atomic E-state index is 12.5. The number of piperidine rings is 1. The van der Waals surface area contributed by atoms with E-state index in [4.69, 9.17) is 5.11 Å². The van der Waals surface area contributed by atoms with Gasteiger partial charge in [-0.1, -0.05) is 29.8 Å². The Hall–Kier alpha value is -1.84. The molecule has 1 heterocycles. The van der Waals surface area contributed by atoms with Gasteiger partial charge in [0, 0.05) is 19.0 Å². The third kappa shape index (κ3) is 4.59. The number of likely N-dealkylation sites (tertiary alicyclic amines) is 1. The molecule has 0 unspecified atom stereocenters. The molecule has 0 spiro atoms. The lowest BCUT2D eigenvalue weighted by Crippen LogP contribution is -2.44. The molecule has 0 radical (unpaired) electrons. The average molecular weight is 289 g/mol. The van der Waals surface area contributed by atoms with Crippen molar-refractivity contribution in [2.75, 3.05) is 6.54 Å². The topological polar surface area (TPSA) is 57.6 Å². The SMILES string of the molecule is Cc1cccc(CC(=O)N2CCCC[C@@H]2CCC(=O)O)c1. The number of carbonyl (C=O) groups is 2. The first-order valence-corrected chi connectivity index (χ1v) is 7.63. The third-order valence-electron chi connectivity index (χ3n) is 4.08. The Morgan fingerprint density at radius 2 is 2.14 bits per heavy atom. The molecule has 0 aliphatic carbocycles. The monoisotopic (exact) mass is 289 g/mol. The molecule has 114 valence electrons. The highest BCUT2D eigenvalue weighted by molar-refractivity contribution is 5.79. The minimum absolute atomic E-state index is 0.0900. The van der Waals surface area contributed by atoms with Crippen LogP contribution in [0, 0.1) is 6.92 Å². The molecule has 0 aromatic heterocycles. The summed E-state index contributed by atoms with van der Waals surface area (Å²) in [5, 5.41) is 8.83. The number of carboxylic acid groups (broad SMARTS) is 1. The number of rotatable bonds is 5. The van der Waals surface area contributed by atoms with E-state index in [-0.39, 0.29) is 18.4 Å². The summed E-state index contributed by atoms with van der Waals surface area (Å²) in [6, 6.07) is 8.09. The zero-order chi connectivity index (χ0) is 15.2. The lowest BCUT2D eigenvalue weighted by atomic mass is 9.97. The molecule has 1 aliphatic rings. The van der Waals surface area contributed by atoms with Gasteiger partial charge in [0.05, 0.1) is 6.42 Å². The van der Waals surface area contributed by atoms with Gasteiger partial charge in [-0.05, 0) is 38.2 Å². The molecule has 1 N–H and O–H groups in total. The molecular formula is C17H23NO3. The van der Waals surface area contributed by atoms with Crippen LogP contribution in [0.4, 0.5) is 0 Å². The Bertz CT molecular complexity index is 513. The van der Waals surface area contributed by atoms with E-state index in [1.807, 2.05) is 36.1 Å². The second kappa shape index (κ2) is 7.25. The number of benzene rings is 1. The molecule has 2 rings (SSSR count). The normalized spacial score (nSPS) is 18.5. The van der Waals surface area contributed by atoms with Crippen molar-refractivity contribution < 1.29 is 14.7 Å². The van der Waals surface area contributed by atoms with Crippen LogP contribution in [-0.4, -0.2) is 34.5 Å². The molecule has 0 saturated carbocycles. The number of nitrogens with zero attached hydrogens (tertiary/aromatic N) is 1. The summed E-state index contributed by atoms with van der Waals surface area (Å²) in [6.07, 6.45) is 4.13. The van der Waals surface area contributed by atoms with Crippen molar-refractivity contribution in [3.05, 3.63) is 35.4 Å². The summed E-state index contributed by atoms with van der Waals surface area (Å²) < 4.78 is 0. The van der Waals surface area contributed by atoms with Crippen LogP contribution < -0.4 is 0 Å². The van der Waals surface area contributed by atoms with E-state index in [9.17, 15) is 9.59 Å². The maximum Gasteiger partial charge on any atom is 0.303 e. The second-order valence-electron chi connectivity index (χ2n) is 5.83. The number of carboxylic acids is 1. The zero-order valence-corrected chi connectivity index (χ0v) is 12.5. The molecule has 1 aromatic carbocycles. The fourth-order valence-electron chi connectivity index (χ4n) is 3.02. The van der Waals surface area contributed by atoms with Crippen molar-refractivity contribution in [2.45, 2.75) is 51.5 Å². The Morgan fingerprint density at radius 1 is 1.33 bits per heavy atom. The fourth-order valence-corrected chi connectivity index (χ4v) is 3.02. The van der Waals surface area contributed by atoms with Crippen LogP contribution in [0.15, 0.2) is 24.3 Å². The number of aliphatic carboxylic acids is 1. The van der Waals surface area contributed by atoms with E-state index in [1.54, 1.807) is 0 Å². The highest BCUT2D eigenvalue weighted by atomic mass is 16.4. The summed E-state index contributed by atoms with van der Waals surface area (Å²) in [6.45, 7) is 2.78. The van der Waals surface area contributed by atoms with Crippen LogP contribution in [0.1, 0.15) is 43.2 Å². The van der Waals surface area contributed by atoms with E-state index >= 15 is 0 Å². The number of aryl methyl sites for hydroxylation is 1. The van der Waals surface area contributed by atoms with Gasteiger partial charge in [0.15, 0.2) is 0 Å². The highest BCUT2D eigenvalue weighted by Crippen LogP contribution is 2.22. The van der Waals surface area contributed by atoms with Gasteiger partial charge in [-0.3, -0.25) is 9.59 Å². The quantitative estimate of drug-likeness (QED) is 0.906. The van der Waals surface area contributed by atoms with Crippen LogP contribution >= 0.6 is 0 Å². The smallest absolute Gasteiger partial charge is 0.303 e. The second-order valence-corrected chi connectivity index (χ2v) is 5.83. The summed E-state index contributed by atoms with van der Waals surface area (Å²) in [4.78, 5) is 25.2. The molecule has 1 amide bonds. The summed E-state index contributed by atoms with van der Waals surface area (Å²) in [5.74, 6) is -0.664. The average Bonchev–Trinajstić information content (AvgIpc) is 2.45. The van der Waals surface area contributed by atoms with Crippen LogP contribution in [-0.2, 0) is 16.0 Å². The van der Waals surface area contributed by atoms with Crippen molar-refractivity contribution in [2.24, 2.45) is 0 Å². The van der Waals surface area contributed by atoms with Crippen molar-refractivity contribution in [3.8, 4) is 0 Å². The van der Waals surface area contributed by atoms with Crippen LogP contribution in [0.2, 0.25) is 0 Å². The molecule has 21 heavy (non-hydrogen) atoms. The largest absolute Gasteiger partial charge is 0.481 e. The van der Waals surface area contributed by atoms with E-state index in [1.165, 1.54) is 0 Å². The van der Waals surface area contributed by atoms with Gasteiger partial charge in [0.25, 0.3) is 0 Å². The number of hydrogen-bond donors (Lipinski definition) is 1. The van der Waals surface area contributed by atoms with Gasteiger partial charge in [0.1, 0.15) is 0 Å². The molecule has 1 saturated heterocycles. The number of hydrogen-bond acceptors (Lipinski definition) is 2. The minimum Gasteiger partial charge on any atom is -0.481 e. The molecule has 1 fully saturated rings. The predicted molar refractivity (Wildman–Crippen MR) is 81.1 cm³/mol. The Kier molecular flexibility index (Phi) is 5.37. The lowest BCUT2D eigenvalue weighted by molar-refractivity contribution is -0.139. The van der Waals surface area contributed by atoms with Crippen LogP contribution in [0.25, 0.3) is 0 Å². The van der Waals surface area contributed by atoms with Gasteiger partial charge in [-0.15, -0.1) is 0 Å². The van der Waals surface area contributed by atoms with Gasteiger partial charge < -0.3 is 10.0 Å². The maximum atomic E-state index is 12.5. The third-order valence-corrected chi connectivity index (χ3v) is 4.08. The van der Waals surface area contributed by atoms with Gasteiger partial charge in [-0.2, -0.15) is 0 Å². The van der Waals surface area contributed by atoms with E-state index < -0.39 is 5.97 Å². The van der Waals surface area contributed by atoms with Gasteiger partial charge >= 0.3 is 5.97 Å². The highest BCUT2D eigenvalue weighted by Gasteiger charge is 2.26. The van der Waals surface area contributed by atoms with Crippen LogP contribution in [0.5, 0.6) is 0 Å². The van der Waals surface area contributed by atoms with Crippen LogP contribution in [0.3, 0.4) is 0 Å². The first-order valence-electron chi connectivity index (χ1n) is 7.63. The standard InChI is InChI=1S/C17H23NO3/c1-13-5-4-6-14(11-13)12-16(19)18-10-3-2-7-15(18)8-9-17(20)21/h4-6,11,15H,2-3,7-10,12H2,1H3,(H,20,21)/t15-/m1/s1. The summed E-state index contributed by atoms with van der Waals surface area (Å²) >= 11 is 0. The van der Waals surface area contributed by atoms with E-state index in [0.717, 1.165) is 36.9 Å².